The van der Waals surface area contributed by atoms with Gasteiger partial charge in [-0.3, -0.25) is 0 Å². The summed E-state index contributed by atoms with van der Waals surface area (Å²) in [5.74, 6) is 2.72. The van der Waals surface area contributed by atoms with E-state index in [-0.39, 0.29) is 12.0 Å². The Hall–Kier alpha value is -3.19. The number of fused-ring (bicyclic) bond motifs is 1. The Morgan fingerprint density at radius 3 is 2.77 bits per heavy atom. The van der Waals surface area contributed by atoms with Crippen molar-refractivity contribution in [1.82, 2.24) is 19.7 Å². The van der Waals surface area contributed by atoms with E-state index >= 15 is 0 Å². The number of hydrogen-bond donors (Lipinski definition) is 1. The van der Waals surface area contributed by atoms with E-state index in [4.69, 9.17) is 9.15 Å². The van der Waals surface area contributed by atoms with Gasteiger partial charge in [-0.25, -0.2) is 4.98 Å². The molecule has 0 saturated heterocycles. The van der Waals surface area contributed by atoms with Crippen LogP contribution in [0.4, 0.5) is 0 Å². The number of aryl methyl sites for hydroxylation is 1. The lowest BCUT2D eigenvalue weighted by Gasteiger charge is -2.46. The van der Waals surface area contributed by atoms with Gasteiger partial charge >= 0.3 is 0 Å². The van der Waals surface area contributed by atoms with Gasteiger partial charge in [0, 0.05) is 12.6 Å². The van der Waals surface area contributed by atoms with E-state index in [1.54, 1.807) is 19.5 Å². The third-order valence-corrected chi connectivity index (χ3v) is 6.11. The van der Waals surface area contributed by atoms with Crippen molar-refractivity contribution in [3.63, 3.8) is 0 Å². The maximum atomic E-state index is 9.51. The monoisotopic (exact) mass is 404 g/mol. The quantitative estimate of drug-likeness (QED) is 0.544. The largest absolute Gasteiger partial charge is 0.493 e. The number of oxazole rings is 1. The third-order valence-electron chi connectivity index (χ3n) is 6.11. The second kappa shape index (κ2) is 6.95. The van der Waals surface area contributed by atoms with Gasteiger partial charge in [-0.15, -0.1) is 10.2 Å². The van der Waals surface area contributed by atoms with Gasteiger partial charge in [-0.1, -0.05) is 19.1 Å². The third kappa shape index (κ3) is 2.81. The van der Waals surface area contributed by atoms with Crippen LogP contribution >= 0.6 is 0 Å². The lowest BCUT2D eigenvalue weighted by Crippen LogP contribution is -2.43. The highest BCUT2D eigenvalue weighted by atomic mass is 16.5. The highest BCUT2D eigenvalue weighted by Gasteiger charge is 2.48. The molecule has 1 fully saturated rings. The van der Waals surface area contributed by atoms with Gasteiger partial charge < -0.3 is 18.8 Å². The molecule has 1 aliphatic carbocycles. The van der Waals surface area contributed by atoms with E-state index < -0.39 is 0 Å². The lowest BCUT2D eigenvalue weighted by atomic mass is 9.58. The molecule has 0 atom stereocenters. The van der Waals surface area contributed by atoms with Crippen LogP contribution in [0.5, 0.6) is 5.75 Å². The molecule has 30 heavy (non-hydrogen) atoms. The van der Waals surface area contributed by atoms with E-state index in [2.05, 4.69) is 34.2 Å². The molecule has 154 valence electrons. The summed E-state index contributed by atoms with van der Waals surface area (Å²) >= 11 is 0. The summed E-state index contributed by atoms with van der Waals surface area (Å²) in [7, 11) is 3.58. The van der Waals surface area contributed by atoms with Crippen LogP contribution in [0.25, 0.3) is 22.6 Å². The first-order valence-electron chi connectivity index (χ1n) is 10.1. The topological polar surface area (TPSA) is 86.2 Å². The SMILES string of the molecule is COc1cc(CO)cc2nc(-c3cccc(C4(c5nncn5C)CC(C)C4)c3)oc12. The first kappa shape index (κ1) is 18.8. The van der Waals surface area contributed by atoms with Gasteiger partial charge in [0.2, 0.25) is 5.89 Å². The zero-order valence-corrected chi connectivity index (χ0v) is 17.3. The fraction of sp³-hybridized carbons (Fsp3) is 0.348. The highest BCUT2D eigenvalue weighted by molar-refractivity contribution is 5.83. The van der Waals surface area contributed by atoms with Gasteiger partial charge in [0.25, 0.3) is 0 Å². The predicted octanol–water partition coefficient (Wildman–Crippen LogP) is 3.84. The summed E-state index contributed by atoms with van der Waals surface area (Å²) in [5, 5.41) is 18.1. The van der Waals surface area contributed by atoms with Crippen molar-refractivity contribution in [1.29, 1.82) is 0 Å². The highest BCUT2D eigenvalue weighted by Crippen LogP contribution is 2.51. The molecule has 2 heterocycles. The Morgan fingerprint density at radius 2 is 2.10 bits per heavy atom. The fourth-order valence-electron chi connectivity index (χ4n) is 4.77. The molecule has 1 aliphatic rings. The summed E-state index contributed by atoms with van der Waals surface area (Å²) in [6, 6.07) is 11.9. The second-order valence-corrected chi connectivity index (χ2v) is 8.27. The molecule has 5 rings (SSSR count). The summed E-state index contributed by atoms with van der Waals surface area (Å²) < 4.78 is 13.5. The van der Waals surface area contributed by atoms with E-state index in [9.17, 15) is 5.11 Å². The van der Waals surface area contributed by atoms with E-state index in [1.165, 1.54) is 5.56 Å². The summed E-state index contributed by atoms with van der Waals surface area (Å²) in [4.78, 5) is 4.67. The summed E-state index contributed by atoms with van der Waals surface area (Å²) in [6.07, 6.45) is 3.82. The smallest absolute Gasteiger partial charge is 0.227 e. The predicted molar refractivity (Wildman–Crippen MR) is 112 cm³/mol. The lowest BCUT2D eigenvalue weighted by molar-refractivity contribution is 0.185. The molecule has 0 bridgehead atoms. The van der Waals surface area contributed by atoms with Crippen LogP contribution in [0.3, 0.4) is 0 Å². The number of methoxy groups -OCH3 is 1. The maximum Gasteiger partial charge on any atom is 0.227 e. The molecule has 1 N–H and O–H groups in total. The molecule has 0 spiro atoms. The van der Waals surface area contributed by atoms with Crippen molar-refractivity contribution < 1.29 is 14.3 Å². The molecule has 4 aromatic rings. The number of nitrogens with zero attached hydrogens (tertiary/aromatic N) is 4. The zero-order chi connectivity index (χ0) is 20.9. The van der Waals surface area contributed by atoms with Gasteiger partial charge in [0.1, 0.15) is 17.7 Å². The van der Waals surface area contributed by atoms with Crippen molar-refractivity contribution in [2.24, 2.45) is 13.0 Å². The van der Waals surface area contributed by atoms with Gasteiger partial charge in [0.05, 0.1) is 19.1 Å². The Bertz CT molecular complexity index is 1220. The Balaban J connectivity index is 1.61. The molecule has 0 aliphatic heterocycles. The van der Waals surface area contributed by atoms with Gasteiger partial charge in [0.15, 0.2) is 11.3 Å². The molecule has 1 saturated carbocycles. The number of aromatic nitrogens is 4. The van der Waals surface area contributed by atoms with Crippen LogP contribution in [0.15, 0.2) is 47.1 Å². The van der Waals surface area contributed by atoms with Crippen LogP contribution in [-0.2, 0) is 19.1 Å². The number of benzene rings is 2. The molecule has 2 aromatic heterocycles. The molecule has 2 aromatic carbocycles. The molecule has 7 nitrogen and oxygen atoms in total. The minimum Gasteiger partial charge on any atom is -0.493 e. The Labute approximate surface area is 174 Å². The van der Waals surface area contributed by atoms with E-state index in [1.807, 2.05) is 29.8 Å². The Morgan fingerprint density at radius 1 is 1.27 bits per heavy atom. The van der Waals surface area contributed by atoms with Crippen molar-refractivity contribution in [3.05, 3.63) is 59.7 Å². The minimum atomic E-state index is -0.144. The minimum absolute atomic E-state index is 0.0810. The van der Waals surface area contributed by atoms with Crippen molar-refractivity contribution in [3.8, 4) is 17.2 Å². The van der Waals surface area contributed by atoms with Crippen molar-refractivity contribution >= 4 is 11.1 Å². The number of ether oxygens (including phenoxy) is 1. The van der Waals surface area contributed by atoms with E-state index in [0.29, 0.717) is 28.7 Å². The molecular weight excluding hydrogens is 380 g/mol. The normalized spacial score (nSPS) is 21.0. The Kier molecular flexibility index (Phi) is 4.36. The number of rotatable bonds is 5. The average Bonchev–Trinajstić information content (AvgIpc) is 3.36. The van der Waals surface area contributed by atoms with Crippen LogP contribution in [0.2, 0.25) is 0 Å². The maximum absolute atomic E-state index is 9.51. The molecule has 7 heteroatoms. The van der Waals surface area contributed by atoms with Gasteiger partial charge in [-0.05, 0) is 54.2 Å². The molecule has 0 unspecified atom stereocenters. The summed E-state index contributed by atoms with van der Waals surface area (Å²) in [6.45, 7) is 2.19. The first-order chi connectivity index (χ1) is 14.5. The van der Waals surface area contributed by atoms with E-state index in [0.717, 1.165) is 29.8 Å². The number of aliphatic hydroxyl groups excluding tert-OH is 1. The molecular formula is C23H24N4O3. The zero-order valence-electron chi connectivity index (χ0n) is 17.3. The van der Waals surface area contributed by atoms with Crippen molar-refractivity contribution in [2.45, 2.75) is 31.8 Å². The number of aliphatic hydroxyl groups is 1. The second-order valence-electron chi connectivity index (χ2n) is 8.27. The van der Waals surface area contributed by atoms with Crippen LogP contribution in [-0.4, -0.2) is 32.0 Å². The fourth-order valence-corrected chi connectivity index (χ4v) is 4.77. The van der Waals surface area contributed by atoms with Crippen LogP contribution in [0.1, 0.15) is 36.7 Å². The van der Waals surface area contributed by atoms with Gasteiger partial charge in [-0.2, -0.15) is 0 Å². The first-order valence-corrected chi connectivity index (χ1v) is 10.1. The van der Waals surface area contributed by atoms with Crippen LogP contribution < -0.4 is 4.74 Å². The standard InChI is InChI=1S/C23H24N4O3/c1-14-10-23(11-14,22-26-24-13-27(22)2)17-6-4-5-16(9-17)21-25-18-7-15(12-28)8-19(29-3)20(18)30-21/h4-9,13-14,28H,10-12H2,1-3H3. The molecule has 0 radical (unpaired) electrons. The number of hydrogen-bond acceptors (Lipinski definition) is 6. The average molecular weight is 404 g/mol. The molecule has 0 amide bonds. The summed E-state index contributed by atoms with van der Waals surface area (Å²) in [5.41, 5.74) is 3.93. The van der Waals surface area contributed by atoms with Crippen LogP contribution in [0, 0.1) is 5.92 Å². The van der Waals surface area contributed by atoms with Crippen molar-refractivity contribution in [2.75, 3.05) is 7.11 Å².